The van der Waals surface area contributed by atoms with Crippen LogP contribution in [0, 0.1) is 18.6 Å². The van der Waals surface area contributed by atoms with Gasteiger partial charge in [0.1, 0.15) is 35.2 Å². The highest BCUT2D eigenvalue weighted by Crippen LogP contribution is 2.36. The molecule has 1 aliphatic heterocycles. The van der Waals surface area contributed by atoms with E-state index >= 15 is 4.39 Å². The number of nitrogens with zero attached hydrogens (tertiary/aromatic N) is 6. The average Bonchev–Trinajstić information content (AvgIpc) is 3.53. The normalized spacial score (nSPS) is 15.8. The van der Waals surface area contributed by atoms with Gasteiger partial charge in [0.25, 0.3) is 0 Å². The molecular formula is C27H23F2N7O2. The number of rotatable bonds is 5. The monoisotopic (exact) mass is 515 g/mol. The van der Waals surface area contributed by atoms with E-state index in [2.05, 4.69) is 20.0 Å². The van der Waals surface area contributed by atoms with Crippen LogP contribution in [0.2, 0.25) is 0 Å². The fraction of sp³-hybridized carbons (Fsp3) is 0.222. The Labute approximate surface area is 215 Å². The summed E-state index contributed by atoms with van der Waals surface area (Å²) in [5, 5.41) is 9.34. The van der Waals surface area contributed by atoms with E-state index in [0.29, 0.717) is 17.6 Å². The maximum absolute atomic E-state index is 15.5. The number of nitrogen functional groups attached to an aromatic ring is 1. The summed E-state index contributed by atoms with van der Waals surface area (Å²) in [4.78, 5) is 23.5. The van der Waals surface area contributed by atoms with E-state index in [1.54, 1.807) is 4.68 Å². The predicted molar refractivity (Wildman–Crippen MR) is 137 cm³/mol. The van der Waals surface area contributed by atoms with Crippen LogP contribution in [-0.2, 0) is 0 Å². The Balaban J connectivity index is 1.39. The molecule has 0 amide bonds. The van der Waals surface area contributed by atoms with Crippen molar-refractivity contribution in [1.82, 2.24) is 24.9 Å². The number of carbonyl (C=O) groups is 1. The third-order valence-corrected chi connectivity index (χ3v) is 6.77. The maximum atomic E-state index is 15.5. The Morgan fingerprint density at radius 2 is 1.95 bits per heavy atom. The molecule has 192 valence electrons. The van der Waals surface area contributed by atoms with Crippen LogP contribution in [0.5, 0.6) is 0 Å². The summed E-state index contributed by atoms with van der Waals surface area (Å²) in [7, 11) is 0. The van der Waals surface area contributed by atoms with Crippen molar-refractivity contribution in [2.75, 3.05) is 23.7 Å². The number of halogens is 2. The van der Waals surface area contributed by atoms with Crippen LogP contribution in [0.25, 0.3) is 22.3 Å². The number of piperidine rings is 1. The Hall–Kier alpha value is -4.67. The maximum Gasteiger partial charge on any atom is 0.193 e. The molecule has 1 fully saturated rings. The molecule has 3 aromatic heterocycles. The van der Waals surface area contributed by atoms with Crippen molar-refractivity contribution in [3.8, 4) is 11.3 Å². The van der Waals surface area contributed by atoms with Gasteiger partial charge < -0.3 is 15.2 Å². The van der Waals surface area contributed by atoms with Crippen LogP contribution in [-0.4, -0.2) is 43.8 Å². The smallest absolute Gasteiger partial charge is 0.193 e. The molecule has 6 rings (SSSR count). The van der Waals surface area contributed by atoms with E-state index in [1.807, 2.05) is 13.0 Å². The van der Waals surface area contributed by atoms with E-state index in [1.165, 1.54) is 36.7 Å². The Kier molecular flexibility index (Phi) is 5.82. The van der Waals surface area contributed by atoms with Gasteiger partial charge >= 0.3 is 0 Å². The molecule has 0 saturated carbocycles. The molecule has 9 nitrogen and oxygen atoms in total. The van der Waals surface area contributed by atoms with Crippen molar-refractivity contribution < 1.29 is 18.1 Å². The first-order valence-electron chi connectivity index (χ1n) is 12.2. The first-order valence-corrected chi connectivity index (χ1v) is 12.2. The van der Waals surface area contributed by atoms with Crippen molar-refractivity contribution in [2.24, 2.45) is 0 Å². The van der Waals surface area contributed by atoms with E-state index in [-0.39, 0.29) is 34.2 Å². The fourth-order valence-corrected chi connectivity index (χ4v) is 4.95. The second-order valence-electron chi connectivity index (χ2n) is 9.32. The van der Waals surface area contributed by atoms with Crippen LogP contribution < -0.4 is 10.6 Å². The summed E-state index contributed by atoms with van der Waals surface area (Å²) in [5.74, 6) is -0.0355. The van der Waals surface area contributed by atoms with Crippen LogP contribution in [0.3, 0.4) is 0 Å². The Bertz CT molecular complexity index is 1680. The SMILES string of the molecule is Cc1cc(N2CCCC(n3nc(-c4ccc(C(=O)c5cccc(F)c5)cc4F)c4c(N)ncnc43)C2)no1. The lowest BCUT2D eigenvalue weighted by Crippen LogP contribution is -2.37. The van der Waals surface area contributed by atoms with Gasteiger partial charge in [0.05, 0.1) is 11.4 Å². The van der Waals surface area contributed by atoms with Crippen LogP contribution in [0.4, 0.5) is 20.4 Å². The Morgan fingerprint density at radius 1 is 1.11 bits per heavy atom. The molecule has 1 aliphatic rings. The van der Waals surface area contributed by atoms with Gasteiger partial charge in [0.2, 0.25) is 0 Å². The second-order valence-corrected chi connectivity index (χ2v) is 9.32. The molecular weight excluding hydrogens is 492 g/mol. The van der Waals surface area contributed by atoms with Crippen molar-refractivity contribution in [3.63, 3.8) is 0 Å². The third kappa shape index (κ3) is 4.15. The van der Waals surface area contributed by atoms with Gasteiger partial charge in [0.15, 0.2) is 17.2 Å². The summed E-state index contributed by atoms with van der Waals surface area (Å²) < 4.78 is 36.1. The molecule has 38 heavy (non-hydrogen) atoms. The highest BCUT2D eigenvalue weighted by molar-refractivity contribution is 6.09. The molecule has 2 aromatic carbocycles. The van der Waals surface area contributed by atoms with Gasteiger partial charge in [-0.2, -0.15) is 5.10 Å². The van der Waals surface area contributed by atoms with Crippen LogP contribution in [0.15, 0.2) is 59.4 Å². The van der Waals surface area contributed by atoms with E-state index in [0.717, 1.165) is 43.1 Å². The van der Waals surface area contributed by atoms with Gasteiger partial charge in [0, 0.05) is 35.8 Å². The minimum absolute atomic E-state index is 0.0804. The van der Waals surface area contributed by atoms with Crippen molar-refractivity contribution >= 4 is 28.5 Å². The van der Waals surface area contributed by atoms with Crippen molar-refractivity contribution in [3.05, 3.63) is 83.4 Å². The minimum Gasteiger partial charge on any atom is -0.383 e. The summed E-state index contributed by atoms with van der Waals surface area (Å²) in [5.41, 5.74) is 7.39. The standard InChI is InChI=1S/C27H23F2N7O2/c1-15-10-22(34-38-15)35-9-3-6-19(13-35)36-27-23(26(30)31-14-32-27)24(33-36)20-8-7-17(12-21(20)29)25(37)16-4-2-5-18(28)11-16/h2,4-5,7-8,10-12,14,19H,3,6,9,13H2,1H3,(H2,30,31,32). The molecule has 1 unspecified atom stereocenters. The number of hydrogen-bond donors (Lipinski definition) is 1. The molecule has 1 atom stereocenters. The fourth-order valence-electron chi connectivity index (χ4n) is 4.95. The van der Waals surface area contributed by atoms with Gasteiger partial charge in [-0.15, -0.1) is 0 Å². The lowest BCUT2D eigenvalue weighted by Gasteiger charge is -2.32. The third-order valence-electron chi connectivity index (χ3n) is 6.77. The number of aryl methyl sites for hydroxylation is 1. The average molecular weight is 516 g/mol. The quantitative estimate of drug-likeness (QED) is 0.334. The van der Waals surface area contributed by atoms with Crippen molar-refractivity contribution in [1.29, 1.82) is 0 Å². The zero-order valence-electron chi connectivity index (χ0n) is 20.4. The van der Waals surface area contributed by atoms with Crippen LogP contribution >= 0.6 is 0 Å². The van der Waals surface area contributed by atoms with Gasteiger partial charge in [-0.1, -0.05) is 23.4 Å². The lowest BCUT2D eigenvalue weighted by atomic mass is 10.00. The zero-order chi connectivity index (χ0) is 26.4. The number of carbonyl (C=O) groups excluding carboxylic acids is 1. The number of anilines is 2. The number of ketones is 1. The second kappa shape index (κ2) is 9.33. The molecule has 0 spiro atoms. The van der Waals surface area contributed by atoms with Crippen molar-refractivity contribution in [2.45, 2.75) is 25.8 Å². The highest BCUT2D eigenvalue weighted by Gasteiger charge is 2.28. The van der Waals surface area contributed by atoms with Gasteiger partial charge in [-0.25, -0.2) is 23.4 Å². The molecule has 0 bridgehead atoms. The number of benzene rings is 2. The van der Waals surface area contributed by atoms with Gasteiger partial charge in [-0.05, 0) is 44.0 Å². The zero-order valence-corrected chi connectivity index (χ0v) is 20.4. The Morgan fingerprint density at radius 3 is 2.71 bits per heavy atom. The van der Waals surface area contributed by atoms with Gasteiger partial charge in [-0.3, -0.25) is 4.79 Å². The van der Waals surface area contributed by atoms with E-state index in [9.17, 15) is 9.18 Å². The predicted octanol–water partition coefficient (Wildman–Crippen LogP) is 4.72. The molecule has 1 saturated heterocycles. The van der Waals surface area contributed by atoms with E-state index in [4.69, 9.17) is 15.4 Å². The van der Waals surface area contributed by atoms with E-state index < -0.39 is 17.4 Å². The molecule has 0 aliphatic carbocycles. The number of aromatic nitrogens is 5. The topological polar surface area (TPSA) is 116 Å². The minimum atomic E-state index is -0.662. The largest absolute Gasteiger partial charge is 0.383 e. The summed E-state index contributed by atoms with van der Waals surface area (Å²) in [6.07, 6.45) is 3.08. The highest BCUT2D eigenvalue weighted by atomic mass is 19.1. The summed E-state index contributed by atoms with van der Waals surface area (Å²) in [6, 6.07) is 11.2. The van der Waals surface area contributed by atoms with Crippen LogP contribution in [0.1, 0.15) is 40.6 Å². The molecule has 0 radical (unpaired) electrons. The first-order chi connectivity index (χ1) is 18.4. The molecule has 2 N–H and O–H groups in total. The summed E-state index contributed by atoms with van der Waals surface area (Å²) in [6.45, 7) is 3.27. The first kappa shape index (κ1) is 23.7. The number of hydrogen-bond acceptors (Lipinski definition) is 8. The lowest BCUT2D eigenvalue weighted by molar-refractivity contribution is 0.103. The summed E-state index contributed by atoms with van der Waals surface area (Å²) >= 11 is 0. The molecule has 11 heteroatoms. The number of nitrogens with two attached hydrogens (primary N) is 1. The molecule has 4 heterocycles. The number of fused-ring (bicyclic) bond motifs is 1. The molecule has 5 aromatic rings.